The Hall–Kier alpha value is -2.54. The maximum Gasteiger partial charge on any atom is 0.341 e. The number of carbonyl (C=O) groups excluding carboxylic acids is 3. The molecule has 2 heterocycles. The van der Waals surface area contributed by atoms with Crippen molar-refractivity contribution in [3.63, 3.8) is 0 Å². The van der Waals surface area contributed by atoms with Crippen LogP contribution in [0.15, 0.2) is 11.3 Å². The molecule has 42 heavy (non-hydrogen) atoms. The minimum atomic E-state index is -2.86. The fourth-order valence-electron chi connectivity index (χ4n) is 8.65. The van der Waals surface area contributed by atoms with E-state index in [1.807, 2.05) is 13.8 Å². The van der Waals surface area contributed by atoms with Crippen molar-refractivity contribution in [2.24, 2.45) is 35.0 Å². The Bertz CT molecular complexity index is 1350. The molecule has 3 saturated carbocycles. The summed E-state index contributed by atoms with van der Waals surface area (Å²) in [6.45, 7) is 13.5. The van der Waals surface area contributed by atoms with Gasteiger partial charge in [0.2, 0.25) is 17.0 Å². The quantitative estimate of drug-likeness (QED) is 0.241. The minimum Gasteiger partial charge on any atom is -0.479 e. The van der Waals surface area contributed by atoms with Gasteiger partial charge in [-0.3, -0.25) is 14.4 Å². The predicted octanol–water partition coefficient (Wildman–Crippen LogP) is 0.879. The summed E-state index contributed by atoms with van der Waals surface area (Å²) in [7, 11) is 0. The minimum absolute atomic E-state index is 0.0511. The van der Waals surface area contributed by atoms with Crippen LogP contribution >= 0.6 is 0 Å². The van der Waals surface area contributed by atoms with Crippen molar-refractivity contribution in [2.75, 3.05) is 0 Å². The molecule has 2 aliphatic heterocycles. The van der Waals surface area contributed by atoms with E-state index in [0.717, 1.165) is 0 Å². The molecule has 0 radical (unpaired) electrons. The van der Waals surface area contributed by atoms with Gasteiger partial charge < -0.3 is 39.4 Å². The summed E-state index contributed by atoms with van der Waals surface area (Å²) in [5, 5.41) is 46.9. The molecule has 0 aromatic heterocycles. The monoisotopic (exact) mass is 592 g/mol. The van der Waals surface area contributed by atoms with Crippen LogP contribution < -0.4 is 0 Å². The Labute approximate surface area is 243 Å². The van der Waals surface area contributed by atoms with Crippen LogP contribution in [0.1, 0.15) is 68.2 Å². The van der Waals surface area contributed by atoms with Gasteiger partial charge >= 0.3 is 17.9 Å². The molecule has 12 heteroatoms. The van der Waals surface area contributed by atoms with Gasteiger partial charge in [0, 0.05) is 28.7 Å². The summed E-state index contributed by atoms with van der Waals surface area (Å²) in [4.78, 5) is 53.1. The number of esters is 2. The number of fused-ring (bicyclic) bond motifs is 8. The third kappa shape index (κ3) is 2.88. The summed E-state index contributed by atoms with van der Waals surface area (Å²) in [5.74, 6) is -8.07. The van der Waals surface area contributed by atoms with Gasteiger partial charge in [-0.25, -0.2) is 4.79 Å². The van der Waals surface area contributed by atoms with Gasteiger partial charge in [-0.15, -0.1) is 0 Å². The normalized spacial score (nSPS) is 49.9. The van der Waals surface area contributed by atoms with Gasteiger partial charge in [-0.2, -0.15) is 0 Å². The van der Waals surface area contributed by atoms with Gasteiger partial charge in [-0.05, 0) is 19.8 Å². The first-order valence-corrected chi connectivity index (χ1v) is 14.8. The highest BCUT2D eigenvalue weighted by atomic mass is 16.7. The Morgan fingerprint density at radius 2 is 1.60 bits per heavy atom. The average molecular weight is 593 g/mol. The number of carboxylic acid groups (broad SMARTS) is 1. The van der Waals surface area contributed by atoms with Crippen molar-refractivity contribution < 1.29 is 58.6 Å². The number of epoxide rings is 2. The van der Waals surface area contributed by atoms with E-state index in [2.05, 4.69) is 0 Å². The Kier molecular flexibility index (Phi) is 5.72. The maximum absolute atomic E-state index is 13.7. The smallest absolute Gasteiger partial charge is 0.341 e. The predicted molar refractivity (Wildman–Crippen MR) is 140 cm³/mol. The van der Waals surface area contributed by atoms with E-state index in [1.165, 1.54) is 6.92 Å². The molecule has 0 aromatic rings. The summed E-state index contributed by atoms with van der Waals surface area (Å²) >= 11 is 0. The molecular weight excluding hydrogens is 552 g/mol. The van der Waals surface area contributed by atoms with Crippen LogP contribution in [0.25, 0.3) is 0 Å². The van der Waals surface area contributed by atoms with Crippen LogP contribution in [0.2, 0.25) is 0 Å². The molecule has 13 unspecified atom stereocenters. The van der Waals surface area contributed by atoms with Gasteiger partial charge in [-0.1, -0.05) is 48.5 Å². The molecule has 0 aromatic carbocycles. The number of aliphatic hydroxyl groups excluding tert-OH is 1. The van der Waals surface area contributed by atoms with E-state index in [1.54, 1.807) is 34.6 Å². The number of carbonyl (C=O) groups is 4. The van der Waals surface area contributed by atoms with Crippen LogP contribution in [0.5, 0.6) is 0 Å². The lowest BCUT2D eigenvalue weighted by Crippen LogP contribution is -2.67. The number of hydrogen-bond donors (Lipinski definition) is 4. The molecule has 0 spiro atoms. The standard InChI is InChI=1S/C30H40O12/c1-9-11(3)20(31)39-17-13(5)27(37)14(15-25(6,7)30(15,17)42-21(32)12(4)10-2)18-29(41-18,24(35)36)23(34)28(38)16(27)19-26(8,40-19)22(28)33/h11-15,17-18,23,34,37-38H,9-10H2,1-8H3,(H,35,36). The van der Waals surface area contributed by atoms with Crippen molar-refractivity contribution in [1.82, 2.24) is 0 Å². The molecule has 6 aliphatic rings. The number of ether oxygens (including phenoxy) is 4. The molecular formula is C30H40O12. The summed E-state index contributed by atoms with van der Waals surface area (Å²) in [6, 6.07) is 0. The Balaban J connectivity index is 1.60. The van der Waals surface area contributed by atoms with E-state index < -0.39 is 105 Å². The van der Waals surface area contributed by atoms with Gasteiger partial charge in [0.15, 0.2) is 17.0 Å². The van der Waals surface area contributed by atoms with Crippen LogP contribution in [0.3, 0.4) is 0 Å². The first-order valence-electron chi connectivity index (χ1n) is 14.8. The average Bonchev–Trinajstić information content (AvgIpc) is 3.87. The highest BCUT2D eigenvalue weighted by Crippen LogP contribution is 2.81. The molecule has 4 aliphatic carbocycles. The maximum atomic E-state index is 13.7. The molecule has 232 valence electrons. The molecule has 0 bridgehead atoms. The highest BCUT2D eigenvalue weighted by Gasteiger charge is 2.96. The second-order valence-corrected chi connectivity index (χ2v) is 14.0. The fraction of sp³-hybridized carbons (Fsp3) is 0.800. The van der Waals surface area contributed by atoms with Crippen LogP contribution in [0.4, 0.5) is 0 Å². The summed E-state index contributed by atoms with van der Waals surface area (Å²) in [6.07, 6.45) is -3.99. The van der Waals surface area contributed by atoms with E-state index in [4.69, 9.17) is 18.9 Å². The lowest BCUT2D eigenvalue weighted by molar-refractivity contribution is -0.218. The number of aliphatic hydroxyl groups is 3. The third-order valence-corrected chi connectivity index (χ3v) is 11.8. The van der Waals surface area contributed by atoms with Crippen molar-refractivity contribution in [3.05, 3.63) is 11.3 Å². The molecule has 12 nitrogen and oxygen atoms in total. The van der Waals surface area contributed by atoms with Crippen LogP contribution in [-0.2, 0) is 38.1 Å². The lowest BCUT2D eigenvalue weighted by atomic mass is 9.60. The Morgan fingerprint density at radius 3 is 2.14 bits per heavy atom. The number of aliphatic carboxylic acids is 1. The fourth-order valence-corrected chi connectivity index (χ4v) is 8.65. The number of hydrogen-bond acceptors (Lipinski definition) is 11. The zero-order valence-corrected chi connectivity index (χ0v) is 25.1. The van der Waals surface area contributed by atoms with Crippen molar-refractivity contribution in [3.8, 4) is 0 Å². The second-order valence-electron chi connectivity index (χ2n) is 14.0. The van der Waals surface area contributed by atoms with Crippen molar-refractivity contribution in [1.29, 1.82) is 0 Å². The summed E-state index contributed by atoms with van der Waals surface area (Å²) in [5.41, 5.74) is -12.1. The number of rotatable bonds is 7. The molecule has 4 N–H and O–H groups in total. The van der Waals surface area contributed by atoms with E-state index in [0.29, 0.717) is 12.8 Å². The van der Waals surface area contributed by atoms with Gasteiger partial charge in [0.1, 0.15) is 23.9 Å². The van der Waals surface area contributed by atoms with Gasteiger partial charge in [0.25, 0.3) is 0 Å². The van der Waals surface area contributed by atoms with Gasteiger partial charge in [0.05, 0.1) is 11.8 Å². The molecule has 13 atom stereocenters. The molecule has 5 fully saturated rings. The van der Waals surface area contributed by atoms with E-state index in [-0.39, 0.29) is 11.3 Å². The molecule has 0 amide bonds. The molecule has 6 rings (SSSR count). The first-order chi connectivity index (χ1) is 19.3. The third-order valence-electron chi connectivity index (χ3n) is 11.8. The summed E-state index contributed by atoms with van der Waals surface area (Å²) < 4.78 is 23.8. The zero-order valence-electron chi connectivity index (χ0n) is 25.1. The highest BCUT2D eigenvalue weighted by molar-refractivity contribution is 6.09. The van der Waals surface area contributed by atoms with Crippen LogP contribution in [-0.4, -0.2) is 90.4 Å². The van der Waals surface area contributed by atoms with Crippen LogP contribution in [0, 0.1) is 35.0 Å². The lowest BCUT2D eigenvalue weighted by Gasteiger charge is -2.51. The largest absolute Gasteiger partial charge is 0.479 e. The first kappa shape index (κ1) is 29.5. The second kappa shape index (κ2) is 8.13. The number of Topliss-reactive ketones (excluding diaryl/α,β-unsaturated/α-hetero) is 1. The van der Waals surface area contributed by atoms with Crippen molar-refractivity contribution >= 4 is 23.7 Å². The van der Waals surface area contributed by atoms with E-state index >= 15 is 0 Å². The number of ketones is 1. The van der Waals surface area contributed by atoms with E-state index in [9.17, 15) is 39.6 Å². The number of carboxylic acids is 1. The molecule has 2 saturated heterocycles. The zero-order chi connectivity index (χ0) is 31.3. The SMILES string of the molecule is CCC(C)C(=O)OC1C(C)C2(O)C3=C4OC4(C)C(=O)C3(O)C(O)C3(C(=O)O)OC3C2C2C(C)(C)C12OC(=O)C(C)CC. The Morgan fingerprint density at radius 1 is 1.02 bits per heavy atom. The van der Waals surface area contributed by atoms with Crippen molar-refractivity contribution in [2.45, 2.75) is 115 Å². The topological polar surface area (TPSA) is 193 Å².